The van der Waals surface area contributed by atoms with Gasteiger partial charge in [-0.3, -0.25) is 4.99 Å². The number of benzene rings is 6. The van der Waals surface area contributed by atoms with Crippen molar-refractivity contribution >= 4 is 50.4 Å². The SMILES string of the molecule is Brc1ccc(-c2ccc(-c3ccc(-c4cccc5c4C=Nc4ccccc4S5)cc3)c3ccccc23)cc1. The molecule has 0 aliphatic carbocycles. The Hall–Kier alpha value is -3.92. The van der Waals surface area contributed by atoms with E-state index in [4.69, 9.17) is 4.99 Å². The molecular formula is C35H22BrNS. The molecule has 0 saturated heterocycles. The van der Waals surface area contributed by atoms with Crippen molar-refractivity contribution < 1.29 is 0 Å². The first-order chi connectivity index (χ1) is 18.7. The summed E-state index contributed by atoms with van der Waals surface area (Å²) in [6.07, 6.45) is 2.02. The molecule has 0 saturated carbocycles. The van der Waals surface area contributed by atoms with E-state index in [1.807, 2.05) is 12.3 Å². The number of hydrogen-bond donors (Lipinski definition) is 0. The Morgan fingerprint density at radius 1 is 0.474 bits per heavy atom. The number of para-hydroxylation sites is 1. The topological polar surface area (TPSA) is 12.4 Å². The monoisotopic (exact) mass is 567 g/mol. The molecule has 1 aliphatic rings. The molecule has 6 aromatic carbocycles. The highest BCUT2D eigenvalue weighted by atomic mass is 79.9. The van der Waals surface area contributed by atoms with E-state index in [1.165, 1.54) is 59.5 Å². The third-order valence-electron chi connectivity index (χ3n) is 7.07. The fourth-order valence-corrected chi connectivity index (χ4v) is 6.47. The van der Waals surface area contributed by atoms with Gasteiger partial charge < -0.3 is 0 Å². The van der Waals surface area contributed by atoms with E-state index in [1.54, 1.807) is 11.8 Å². The number of aliphatic imine (C=N–C) groups is 1. The molecule has 38 heavy (non-hydrogen) atoms. The number of halogens is 1. The Bertz CT molecular complexity index is 1840. The molecule has 6 aromatic rings. The molecular weight excluding hydrogens is 546 g/mol. The number of fused-ring (bicyclic) bond motifs is 3. The maximum Gasteiger partial charge on any atom is 0.0769 e. The molecule has 0 amide bonds. The minimum Gasteiger partial charge on any atom is -0.255 e. The van der Waals surface area contributed by atoms with Gasteiger partial charge in [-0.25, -0.2) is 0 Å². The summed E-state index contributed by atoms with van der Waals surface area (Å²) in [6.45, 7) is 0. The third kappa shape index (κ3) is 4.18. The van der Waals surface area contributed by atoms with Gasteiger partial charge in [0.1, 0.15) is 0 Å². The predicted octanol–water partition coefficient (Wildman–Crippen LogP) is 10.8. The van der Waals surface area contributed by atoms with Crippen LogP contribution < -0.4 is 0 Å². The highest BCUT2D eigenvalue weighted by Crippen LogP contribution is 2.42. The lowest BCUT2D eigenvalue weighted by Gasteiger charge is -2.14. The molecule has 0 aromatic heterocycles. The minimum atomic E-state index is 1.02. The highest BCUT2D eigenvalue weighted by Gasteiger charge is 2.15. The van der Waals surface area contributed by atoms with Crippen molar-refractivity contribution in [1.29, 1.82) is 0 Å². The molecule has 180 valence electrons. The van der Waals surface area contributed by atoms with Gasteiger partial charge in [-0.1, -0.05) is 125 Å². The van der Waals surface area contributed by atoms with Crippen LogP contribution in [0.2, 0.25) is 0 Å². The van der Waals surface area contributed by atoms with Crippen molar-refractivity contribution in [2.24, 2.45) is 4.99 Å². The highest BCUT2D eigenvalue weighted by molar-refractivity contribution is 9.10. The molecule has 7 rings (SSSR count). The maximum atomic E-state index is 4.80. The molecule has 0 atom stereocenters. The van der Waals surface area contributed by atoms with E-state index in [0.717, 1.165) is 10.2 Å². The van der Waals surface area contributed by atoms with Crippen molar-refractivity contribution in [2.75, 3.05) is 0 Å². The Balaban J connectivity index is 1.28. The van der Waals surface area contributed by atoms with Crippen molar-refractivity contribution in [3.05, 3.63) is 137 Å². The van der Waals surface area contributed by atoms with Gasteiger partial charge >= 0.3 is 0 Å². The predicted molar refractivity (Wildman–Crippen MR) is 166 cm³/mol. The van der Waals surface area contributed by atoms with Crippen molar-refractivity contribution in [1.82, 2.24) is 0 Å². The average molecular weight is 569 g/mol. The van der Waals surface area contributed by atoms with Crippen LogP contribution in [0.25, 0.3) is 44.2 Å². The normalized spacial score (nSPS) is 12.1. The molecule has 0 unspecified atom stereocenters. The van der Waals surface area contributed by atoms with Crippen molar-refractivity contribution in [2.45, 2.75) is 9.79 Å². The van der Waals surface area contributed by atoms with E-state index >= 15 is 0 Å². The van der Waals surface area contributed by atoms with Crippen LogP contribution in [-0.4, -0.2) is 6.21 Å². The van der Waals surface area contributed by atoms with Crippen LogP contribution in [0.15, 0.2) is 147 Å². The smallest absolute Gasteiger partial charge is 0.0769 e. The fraction of sp³-hybridized carbons (Fsp3) is 0. The number of rotatable bonds is 3. The van der Waals surface area contributed by atoms with Gasteiger partial charge in [-0.05, 0) is 74.5 Å². The summed E-state index contributed by atoms with van der Waals surface area (Å²) in [7, 11) is 0. The average Bonchev–Trinajstić information content (AvgIpc) is 3.17. The Labute approximate surface area is 235 Å². The zero-order chi connectivity index (χ0) is 25.5. The zero-order valence-corrected chi connectivity index (χ0v) is 22.8. The van der Waals surface area contributed by atoms with E-state index < -0.39 is 0 Å². The van der Waals surface area contributed by atoms with Crippen LogP contribution in [-0.2, 0) is 0 Å². The van der Waals surface area contributed by atoms with Gasteiger partial charge in [0.25, 0.3) is 0 Å². The first-order valence-electron chi connectivity index (χ1n) is 12.6. The molecule has 1 heterocycles. The number of hydrogen-bond acceptors (Lipinski definition) is 2. The van der Waals surface area contributed by atoms with Gasteiger partial charge in [0, 0.05) is 26.0 Å². The lowest BCUT2D eigenvalue weighted by molar-refractivity contribution is 1.38. The second-order valence-corrected chi connectivity index (χ2v) is 11.3. The molecule has 0 N–H and O–H groups in total. The summed E-state index contributed by atoms with van der Waals surface area (Å²) >= 11 is 5.34. The summed E-state index contributed by atoms with van der Waals surface area (Å²) in [5.74, 6) is 0. The van der Waals surface area contributed by atoms with E-state index in [0.29, 0.717) is 0 Å². The molecule has 0 bridgehead atoms. The summed E-state index contributed by atoms with van der Waals surface area (Å²) in [4.78, 5) is 7.22. The van der Waals surface area contributed by atoms with Crippen LogP contribution in [0.5, 0.6) is 0 Å². The van der Waals surface area contributed by atoms with Crippen LogP contribution >= 0.6 is 27.7 Å². The van der Waals surface area contributed by atoms with Crippen molar-refractivity contribution in [3.63, 3.8) is 0 Å². The molecule has 0 fully saturated rings. The fourth-order valence-electron chi connectivity index (χ4n) is 5.18. The number of nitrogens with zero attached hydrogens (tertiary/aromatic N) is 1. The Morgan fingerprint density at radius 2 is 1.03 bits per heavy atom. The zero-order valence-electron chi connectivity index (χ0n) is 20.4. The standard InChI is InChI=1S/C35H22BrNS/c36-26-18-16-25(17-19-26)29-21-20-28(30-6-1-2-7-31(29)30)24-14-12-23(13-15-24)27-8-5-11-34-32(27)22-37-33-9-3-4-10-35(33)38-34/h1-22H. The third-order valence-corrected chi connectivity index (χ3v) is 8.74. The van der Waals surface area contributed by atoms with Gasteiger partial charge in [-0.2, -0.15) is 0 Å². The van der Waals surface area contributed by atoms with E-state index in [-0.39, 0.29) is 0 Å². The lowest BCUT2D eigenvalue weighted by atomic mass is 9.91. The van der Waals surface area contributed by atoms with E-state index in [9.17, 15) is 0 Å². The Kier molecular flexibility index (Phi) is 5.96. The largest absolute Gasteiger partial charge is 0.255 e. The van der Waals surface area contributed by atoms with Gasteiger partial charge in [0.15, 0.2) is 0 Å². The molecule has 1 nitrogen and oxygen atoms in total. The summed E-state index contributed by atoms with van der Waals surface area (Å²) in [5.41, 5.74) is 9.51. The van der Waals surface area contributed by atoms with Gasteiger partial charge in [0.2, 0.25) is 0 Å². The van der Waals surface area contributed by atoms with Crippen LogP contribution in [0, 0.1) is 0 Å². The van der Waals surface area contributed by atoms with Crippen molar-refractivity contribution in [3.8, 4) is 33.4 Å². The van der Waals surface area contributed by atoms with Gasteiger partial charge in [0.05, 0.1) is 5.69 Å². The summed E-state index contributed by atoms with van der Waals surface area (Å²) in [6, 6.07) is 45.5. The first kappa shape index (κ1) is 23.2. The van der Waals surface area contributed by atoms with Crippen LogP contribution in [0.4, 0.5) is 5.69 Å². The molecule has 0 radical (unpaired) electrons. The first-order valence-corrected chi connectivity index (χ1v) is 14.2. The van der Waals surface area contributed by atoms with Crippen LogP contribution in [0.3, 0.4) is 0 Å². The molecule has 1 aliphatic heterocycles. The summed E-state index contributed by atoms with van der Waals surface area (Å²) in [5, 5.41) is 2.52. The maximum absolute atomic E-state index is 4.80. The second-order valence-electron chi connectivity index (χ2n) is 9.34. The van der Waals surface area contributed by atoms with E-state index in [2.05, 4.69) is 137 Å². The second kappa shape index (κ2) is 9.75. The summed E-state index contributed by atoms with van der Waals surface area (Å²) < 4.78 is 1.09. The Morgan fingerprint density at radius 3 is 1.71 bits per heavy atom. The van der Waals surface area contributed by atoms with Crippen LogP contribution in [0.1, 0.15) is 5.56 Å². The van der Waals surface area contributed by atoms with Gasteiger partial charge in [-0.15, -0.1) is 0 Å². The quantitative estimate of drug-likeness (QED) is 0.207. The lowest BCUT2D eigenvalue weighted by Crippen LogP contribution is -1.91. The minimum absolute atomic E-state index is 1.02. The molecule has 0 spiro atoms. The molecule has 3 heteroatoms.